The van der Waals surface area contributed by atoms with Gasteiger partial charge < -0.3 is 16.0 Å². The molecular formula is C16H21N3O2. The molecule has 0 aliphatic carbocycles. The van der Waals surface area contributed by atoms with Crippen LogP contribution in [0.2, 0.25) is 0 Å². The number of hydrogen-bond donors (Lipinski definition) is 2. The number of likely N-dealkylation sites (N-methyl/N-ethyl adjacent to an activating group) is 1. The quantitative estimate of drug-likeness (QED) is 0.796. The van der Waals surface area contributed by atoms with Gasteiger partial charge in [0.25, 0.3) is 5.91 Å². The molecule has 0 unspecified atom stereocenters. The highest BCUT2D eigenvalue weighted by Gasteiger charge is 2.17. The molecule has 1 aromatic carbocycles. The molecule has 1 aromatic rings. The van der Waals surface area contributed by atoms with Crippen LogP contribution in [0.25, 0.3) is 0 Å². The van der Waals surface area contributed by atoms with E-state index in [0.29, 0.717) is 11.1 Å². The van der Waals surface area contributed by atoms with Gasteiger partial charge in [0.15, 0.2) is 0 Å². The van der Waals surface area contributed by atoms with Crippen molar-refractivity contribution in [3.63, 3.8) is 0 Å². The average Bonchev–Trinajstić information content (AvgIpc) is 2.43. The van der Waals surface area contributed by atoms with E-state index in [2.05, 4.69) is 17.2 Å². The summed E-state index contributed by atoms with van der Waals surface area (Å²) in [5.41, 5.74) is 6.44. The summed E-state index contributed by atoms with van der Waals surface area (Å²) < 4.78 is 0. The van der Waals surface area contributed by atoms with Crippen molar-refractivity contribution >= 4 is 11.8 Å². The third kappa shape index (κ3) is 5.28. The Balaban J connectivity index is 2.86. The van der Waals surface area contributed by atoms with Gasteiger partial charge in [0.2, 0.25) is 5.91 Å². The Morgan fingerprint density at radius 2 is 2.00 bits per heavy atom. The second kappa shape index (κ2) is 8.08. The number of hydrogen-bond acceptors (Lipinski definition) is 3. The standard InChI is InChI=1S/C16H21N3O2/c1-12(2)18-15(20)11-19(3)16(21)14-9-5-4-7-13(14)8-6-10-17/h4-5,7,9,12H,10-11,17H2,1-3H3,(H,18,20). The van der Waals surface area contributed by atoms with Crippen LogP contribution in [0.15, 0.2) is 24.3 Å². The van der Waals surface area contributed by atoms with Gasteiger partial charge in [-0.3, -0.25) is 9.59 Å². The van der Waals surface area contributed by atoms with Crippen LogP contribution < -0.4 is 11.1 Å². The van der Waals surface area contributed by atoms with Crippen molar-refractivity contribution < 1.29 is 9.59 Å². The SMILES string of the molecule is CC(C)NC(=O)CN(C)C(=O)c1ccccc1C#CCN. The molecule has 0 aromatic heterocycles. The van der Waals surface area contributed by atoms with E-state index < -0.39 is 0 Å². The van der Waals surface area contributed by atoms with Crippen molar-refractivity contribution in [3.8, 4) is 11.8 Å². The fourth-order valence-electron chi connectivity index (χ4n) is 1.79. The van der Waals surface area contributed by atoms with E-state index in [1.54, 1.807) is 25.2 Å². The fourth-order valence-corrected chi connectivity index (χ4v) is 1.79. The molecule has 3 N–H and O–H groups in total. The topological polar surface area (TPSA) is 75.4 Å². The Bertz CT molecular complexity index is 570. The monoisotopic (exact) mass is 287 g/mol. The molecule has 5 heteroatoms. The van der Waals surface area contributed by atoms with Gasteiger partial charge in [-0.1, -0.05) is 24.0 Å². The lowest BCUT2D eigenvalue weighted by molar-refractivity contribution is -0.122. The number of carbonyl (C=O) groups excluding carboxylic acids is 2. The normalized spacial score (nSPS) is 9.76. The predicted molar refractivity (Wildman–Crippen MR) is 82.6 cm³/mol. The predicted octanol–water partition coefficient (Wildman–Crippen LogP) is 0.593. The van der Waals surface area contributed by atoms with Gasteiger partial charge in [-0.05, 0) is 26.0 Å². The van der Waals surface area contributed by atoms with E-state index in [1.165, 1.54) is 4.90 Å². The van der Waals surface area contributed by atoms with Crippen molar-refractivity contribution in [2.75, 3.05) is 20.1 Å². The van der Waals surface area contributed by atoms with E-state index in [4.69, 9.17) is 5.73 Å². The number of nitrogens with zero attached hydrogens (tertiary/aromatic N) is 1. The molecule has 0 radical (unpaired) electrons. The van der Waals surface area contributed by atoms with Gasteiger partial charge in [-0.2, -0.15) is 0 Å². The van der Waals surface area contributed by atoms with Crippen LogP contribution in [-0.2, 0) is 4.79 Å². The van der Waals surface area contributed by atoms with Gasteiger partial charge in [0, 0.05) is 18.7 Å². The van der Waals surface area contributed by atoms with Crippen molar-refractivity contribution in [3.05, 3.63) is 35.4 Å². The van der Waals surface area contributed by atoms with Crippen LogP contribution in [0.1, 0.15) is 29.8 Å². The Morgan fingerprint density at radius 3 is 2.62 bits per heavy atom. The highest BCUT2D eigenvalue weighted by Crippen LogP contribution is 2.10. The molecule has 0 spiro atoms. The molecule has 0 aliphatic heterocycles. The van der Waals surface area contributed by atoms with Crippen LogP contribution in [0.5, 0.6) is 0 Å². The van der Waals surface area contributed by atoms with Crippen LogP contribution in [0.3, 0.4) is 0 Å². The number of nitrogens with two attached hydrogens (primary N) is 1. The van der Waals surface area contributed by atoms with E-state index in [1.807, 2.05) is 19.9 Å². The largest absolute Gasteiger partial charge is 0.352 e. The summed E-state index contributed by atoms with van der Waals surface area (Å²) in [5, 5.41) is 2.75. The molecule has 5 nitrogen and oxygen atoms in total. The second-order valence-electron chi connectivity index (χ2n) is 4.93. The third-order valence-corrected chi connectivity index (χ3v) is 2.66. The lowest BCUT2D eigenvalue weighted by Gasteiger charge is -2.18. The van der Waals surface area contributed by atoms with E-state index in [0.717, 1.165) is 0 Å². The summed E-state index contributed by atoms with van der Waals surface area (Å²) in [6.07, 6.45) is 0. The highest BCUT2D eigenvalue weighted by molar-refractivity contribution is 5.98. The maximum Gasteiger partial charge on any atom is 0.255 e. The van der Waals surface area contributed by atoms with E-state index >= 15 is 0 Å². The molecule has 1 rings (SSSR count). The summed E-state index contributed by atoms with van der Waals surface area (Å²) in [5.74, 6) is 5.18. The number of carbonyl (C=O) groups is 2. The smallest absolute Gasteiger partial charge is 0.255 e. The molecular weight excluding hydrogens is 266 g/mol. The van der Waals surface area contributed by atoms with Gasteiger partial charge in [-0.15, -0.1) is 0 Å². The first-order chi connectivity index (χ1) is 9.95. The zero-order valence-electron chi connectivity index (χ0n) is 12.6. The minimum absolute atomic E-state index is 0.00959. The first-order valence-electron chi connectivity index (χ1n) is 6.78. The Hall–Kier alpha value is -2.32. The van der Waals surface area contributed by atoms with E-state index in [-0.39, 0.29) is 30.9 Å². The number of amides is 2. The molecule has 112 valence electrons. The first-order valence-corrected chi connectivity index (χ1v) is 6.78. The van der Waals surface area contributed by atoms with Crippen LogP contribution in [0, 0.1) is 11.8 Å². The van der Waals surface area contributed by atoms with Gasteiger partial charge in [-0.25, -0.2) is 0 Å². The van der Waals surface area contributed by atoms with E-state index in [9.17, 15) is 9.59 Å². The molecule has 0 aliphatic rings. The molecule has 21 heavy (non-hydrogen) atoms. The lowest BCUT2D eigenvalue weighted by Crippen LogP contribution is -2.41. The molecule has 0 atom stereocenters. The summed E-state index contributed by atoms with van der Waals surface area (Å²) in [6.45, 7) is 3.99. The summed E-state index contributed by atoms with van der Waals surface area (Å²) in [6, 6.07) is 7.08. The molecule has 2 amide bonds. The van der Waals surface area contributed by atoms with Crippen LogP contribution >= 0.6 is 0 Å². The van der Waals surface area contributed by atoms with Gasteiger partial charge in [0.05, 0.1) is 18.7 Å². The number of nitrogens with one attached hydrogen (secondary N) is 1. The Morgan fingerprint density at radius 1 is 1.33 bits per heavy atom. The maximum absolute atomic E-state index is 12.4. The molecule has 0 fully saturated rings. The summed E-state index contributed by atoms with van der Waals surface area (Å²) in [4.78, 5) is 25.5. The maximum atomic E-state index is 12.4. The fraction of sp³-hybridized carbons (Fsp3) is 0.375. The molecule has 0 heterocycles. The molecule has 0 saturated carbocycles. The lowest BCUT2D eigenvalue weighted by atomic mass is 10.1. The Labute approximate surface area is 125 Å². The zero-order chi connectivity index (χ0) is 15.8. The highest BCUT2D eigenvalue weighted by atomic mass is 16.2. The van der Waals surface area contributed by atoms with Gasteiger partial charge in [0.1, 0.15) is 0 Å². The van der Waals surface area contributed by atoms with Crippen molar-refractivity contribution in [2.45, 2.75) is 19.9 Å². The summed E-state index contributed by atoms with van der Waals surface area (Å²) >= 11 is 0. The minimum Gasteiger partial charge on any atom is -0.352 e. The second-order valence-corrected chi connectivity index (χ2v) is 4.93. The average molecular weight is 287 g/mol. The molecule has 0 bridgehead atoms. The number of benzene rings is 1. The first kappa shape index (κ1) is 16.7. The third-order valence-electron chi connectivity index (χ3n) is 2.66. The number of rotatable bonds is 4. The van der Waals surface area contributed by atoms with Crippen molar-refractivity contribution in [2.24, 2.45) is 5.73 Å². The Kier molecular flexibility index (Phi) is 6.44. The van der Waals surface area contributed by atoms with Crippen LogP contribution in [0.4, 0.5) is 0 Å². The van der Waals surface area contributed by atoms with Crippen molar-refractivity contribution in [1.29, 1.82) is 0 Å². The summed E-state index contributed by atoms with van der Waals surface area (Å²) in [7, 11) is 1.59. The zero-order valence-corrected chi connectivity index (χ0v) is 12.6. The van der Waals surface area contributed by atoms with Gasteiger partial charge >= 0.3 is 0 Å². The molecule has 0 saturated heterocycles. The minimum atomic E-state index is -0.240. The van der Waals surface area contributed by atoms with Crippen molar-refractivity contribution in [1.82, 2.24) is 10.2 Å². The van der Waals surface area contributed by atoms with Crippen LogP contribution in [-0.4, -0.2) is 42.9 Å².